The Kier molecular flexibility index (Phi) is 5.68. The number of anilines is 2. The molecule has 1 aliphatic heterocycles. The molecule has 0 amide bonds. The van der Waals surface area contributed by atoms with Crippen molar-refractivity contribution >= 4 is 34.3 Å². The van der Waals surface area contributed by atoms with E-state index in [1.54, 1.807) is 7.11 Å². The normalized spacial score (nSPS) is 14.3. The summed E-state index contributed by atoms with van der Waals surface area (Å²) in [6.07, 6.45) is 6.34. The smallest absolute Gasteiger partial charge is 0.213 e. The molecule has 0 radical (unpaired) electrons. The molecule has 0 fully saturated rings. The molecular weight excluding hydrogens is 384 g/mol. The zero-order chi connectivity index (χ0) is 20.5. The van der Waals surface area contributed by atoms with Crippen LogP contribution in [0.2, 0.25) is 5.02 Å². The molecule has 2 aromatic heterocycles. The fraction of sp³-hybridized carbons (Fsp3) is 0.478. The SMILES string of the molecule is CCC(CC)c1ccc(Cl)c2nc3n(c12)CCCCN3c1cnc(OC)cc1C. The van der Waals surface area contributed by atoms with Crippen LogP contribution >= 0.6 is 11.6 Å². The molecule has 0 saturated heterocycles. The molecule has 4 rings (SSSR count). The minimum Gasteiger partial charge on any atom is -0.481 e. The van der Waals surface area contributed by atoms with Gasteiger partial charge in [0.25, 0.3) is 0 Å². The Morgan fingerprint density at radius 2 is 1.93 bits per heavy atom. The van der Waals surface area contributed by atoms with Crippen LogP contribution in [-0.4, -0.2) is 28.2 Å². The van der Waals surface area contributed by atoms with E-state index in [0.29, 0.717) is 11.8 Å². The standard InChI is InChI=1S/C23H29ClN4O/c1-5-16(6-2)17-9-10-18(24)21-22(17)28-12-8-7-11-27(23(28)26-21)19-14-25-20(29-4)13-15(19)3/h9-10,13-14,16H,5-8,11-12H2,1-4H3. The Bertz CT molecular complexity index is 1030. The predicted octanol–water partition coefficient (Wildman–Crippen LogP) is 6.24. The number of fused-ring (bicyclic) bond motifs is 3. The number of aryl methyl sites for hydroxylation is 2. The molecule has 0 saturated carbocycles. The lowest BCUT2D eigenvalue weighted by Crippen LogP contribution is -2.21. The van der Waals surface area contributed by atoms with Crippen molar-refractivity contribution < 1.29 is 4.74 Å². The molecular formula is C23H29ClN4O. The molecule has 0 atom stereocenters. The van der Waals surface area contributed by atoms with Crippen molar-refractivity contribution in [2.45, 2.75) is 58.9 Å². The van der Waals surface area contributed by atoms with E-state index in [0.717, 1.165) is 66.5 Å². The summed E-state index contributed by atoms with van der Waals surface area (Å²) in [7, 11) is 1.65. The molecule has 154 valence electrons. The third-order valence-corrected chi connectivity index (χ3v) is 6.40. The number of hydrogen-bond acceptors (Lipinski definition) is 4. The number of pyridine rings is 1. The quantitative estimate of drug-likeness (QED) is 0.497. The lowest BCUT2D eigenvalue weighted by molar-refractivity contribution is 0.397. The average molecular weight is 413 g/mol. The maximum absolute atomic E-state index is 6.62. The van der Waals surface area contributed by atoms with Crippen molar-refractivity contribution in [3.8, 4) is 5.88 Å². The van der Waals surface area contributed by atoms with E-state index in [1.807, 2.05) is 18.3 Å². The molecule has 1 aromatic carbocycles. The van der Waals surface area contributed by atoms with Crippen LogP contribution in [0.3, 0.4) is 0 Å². The number of aromatic nitrogens is 3. The van der Waals surface area contributed by atoms with Crippen molar-refractivity contribution in [3.63, 3.8) is 0 Å². The summed E-state index contributed by atoms with van der Waals surface area (Å²) in [6.45, 7) is 8.48. The van der Waals surface area contributed by atoms with E-state index in [9.17, 15) is 0 Å². The van der Waals surface area contributed by atoms with Crippen molar-refractivity contribution in [2.75, 3.05) is 18.6 Å². The number of hydrogen-bond donors (Lipinski definition) is 0. The van der Waals surface area contributed by atoms with Gasteiger partial charge in [0.15, 0.2) is 0 Å². The van der Waals surface area contributed by atoms with Gasteiger partial charge in [0.05, 0.1) is 29.5 Å². The topological polar surface area (TPSA) is 43.2 Å². The lowest BCUT2D eigenvalue weighted by atomic mass is 9.93. The van der Waals surface area contributed by atoms with Crippen LogP contribution in [0.5, 0.6) is 5.88 Å². The highest BCUT2D eigenvalue weighted by molar-refractivity contribution is 6.35. The largest absolute Gasteiger partial charge is 0.481 e. The second-order valence-corrected chi connectivity index (χ2v) is 8.19. The number of benzene rings is 1. The zero-order valence-electron chi connectivity index (χ0n) is 17.7. The molecule has 5 nitrogen and oxygen atoms in total. The molecule has 0 spiro atoms. The highest BCUT2D eigenvalue weighted by Crippen LogP contribution is 2.39. The van der Waals surface area contributed by atoms with E-state index in [2.05, 4.69) is 41.3 Å². The van der Waals surface area contributed by atoms with Gasteiger partial charge < -0.3 is 14.2 Å². The monoisotopic (exact) mass is 412 g/mol. The predicted molar refractivity (Wildman–Crippen MR) is 120 cm³/mol. The van der Waals surface area contributed by atoms with Crippen LogP contribution in [0.25, 0.3) is 11.0 Å². The van der Waals surface area contributed by atoms with Crippen molar-refractivity contribution in [3.05, 3.63) is 40.5 Å². The van der Waals surface area contributed by atoms with Crippen LogP contribution in [0.4, 0.5) is 11.6 Å². The van der Waals surface area contributed by atoms with Gasteiger partial charge in [-0.05, 0) is 55.7 Å². The molecule has 0 bridgehead atoms. The maximum atomic E-state index is 6.62. The minimum absolute atomic E-state index is 0.511. The van der Waals surface area contributed by atoms with Gasteiger partial charge in [-0.25, -0.2) is 9.97 Å². The van der Waals surface area contributed by atoms with Crippen LogP contribution in [-0.2, 0) is 6.54 Å². The number of ether oxygens (including phenoxy) is 1. The van der Waals surface area contributed by atoms with E-state index < -0.39 is 0 Å². The average Bonchev–Trinajstić information content (AvgIpc) is 2.99. The molecule has 3 aromatic rings. The first-order chi connectivity index (χ1) is 14.1. The van der Waals surface area contributed by atoms with Gasteiger partial charge in [-0.15, -0.1) is 0 Å². The first kappa shape index (κ1) is 20.0. The first-order valence-corrected chi connectivity index (χ1v) is 10.9. The van der Waals surface area contributed by atoms with E-state index in [-0.39, 0.29) is 0 Å². The Balaban J connectivity index is 1.93. The third-order valence-electron chi connectivity index (χ3n) is 6.09. The number of nitrogens with zero attached hydrogens (tertiary/aromatic N) is 4. The van der Waals surface area contributed by atoms with E-state index in [1.165, 1.54) is 11.1 Å². The second kappa shape index (κ2) is 8.23. The van der Waals surface area contributed by atoms with Gasteiger partial charge in [-0.2, -0.15) is 0 Å². The Labute approximate surface area is 177 Å². The Hall–Kier alpha value is -2.27. The summed E-state index contributed by atoms with van der Waals surface area (Å²) in [6, 6.07) is 6.19. The highest BCUT2D eigenvalue weighted by Gasteiger charge is 2.26. The molecule has 0 unspecified atom stereocenters. The van der Waals surface area contributed by atoms with Gasteiger partial charge >= 0.3 is 0 Å². The second-order valence-electron chi connectivity index (χ2n) is 7.78. The van der Waals surface area contributed by atoms with Gasteiger partial charge in [0, 0.05) is 19.2 Å². The Morgan fingerprint density at radius 3 is 2.62 bits per heavy atom. The summed E-state index contributed by atoms with van der Waals surface area (Å²) in [5, 5.41) is 0.722. The molecule has 3 heterocycles. The summed E-state index contributed by atoms with van der Waals surface area (Å²) in [5.74, 6) is 2.11. The molecule has 6 heteroatoms. The zero-order valence-corrected chi connectivity index (χ0v) is 18.5. The van der Waals surface area contributed by atoms with Gasteiger partial charge in [0.2, 0.25) is 11.8 Å². The molecule has 0 N–H and O–H groups in total. The Morgan fingerprint density at radius 1 is 1.17 bits per heavy atom. The van der Waals surface area contributed by atoms with Crippen LogP contribution in [0, 0.1) is 6.92 Å². The van der Waals surface area contributed by atoms with Crippen LogP contribution in [0.15, 0.2) is 24.4 Å². The summed E-state index contributed by atoms with van der Waals surface area (Å²) in [4.78, 5) is 11.8. The number of halogens is 1. The first-order valence-electron chi connectivity index (χ1n) is 10.6. The van der Waals surface area contributed by atoms with E-state index in [4.69, 9.17) is 21.3 Å². The number of methoxy groups -OCH3 is 1. The molecule has 29 heavy (non-hydrogen) atoms. The fourth-order valence-corrected chi connectivity index (χ4v) is 4.68. The summed E-state index contributed by atoms with van der Waals surface area (Å²) >= 11 is 6.62. The van der Waals surface area contributed by atoms with Gasteiger partial charge in [-0.3, -0.25) is 0 Å². The van der Waals surface area contributed by atoms with Crippen molar-refractivity contribution in [2.24, 2.45) is 0 Å². The third kappa shape index (κ3) is 3.46. The van der Waals surface area contributed by atoms with Gasteiger partial charge in [0.1, 0.15) is 5.52 Å². The molecule has 0 aliphatic carbocycles. The fourth-order valence-electron chi connectivity index (χ4n) is 4.48. The maximum Gasteiger partial charge on any atom is 0.213 e. The van der Waals surface area contributed by atoms with Crippen LogP contribution < -0.4 is 9.64 Å². The van der Waals surface area contributed by atoms with Crippen molar-refractivity contribution in [1.29, 1.82) is 0 Å². The lowest BCUT2D eigenvalue weighted by Gasteiger charge is -2.24. The summed E-state index contributed by atoms with van der Waals surface area (Å²) < 4.78 is 7.67. The number of rotatable bonds is 5. The highest BCUT2D eigenvalue weighted by atomic mass is 35.5. The minimum atomic E-state index is 0.511. The van der Waals surface area contributed by atoms with E-state index >= 15 is 0 Å². The van der Waals surface area contributed by atoms with Gasteiger partial charge in [-0.1, -0.05) is 31.5 Å². The summed E-state index contributed by atoms with van der Waals surface area (Å²) in [5.41, 5.74) is 5.68. The molecule has 1 aliphatic rings. The van der Waals surface area contributed by atoms with Crippen LogP contribution in [0.1, 0.15) is 56.6 Å². The number of imidazole rings is 1. The van der Waals surface area contributed by atoms with Crippen molar-refractivity contribution in [1.82, 2.24) is 14.5 Å².